The van der Waals surface area contributed by atoms with Crippen LogP contribution in [0.4, 0.5) is 19.1 Å². The van der Waals surface area contributed by atoms with Crippen LogP contribution in [-0.2, 0) is 12.7 Å². The fraction of sp³-hybridized carbons (Fsp3) is 0.364. The Bertz CT molecular complexity index is 579. The van der Waals surface area contributed by atoms with E-state index in [1.807, 2.05) is 0 Å². The predicted octanol–water partition coefficient (Wildman–Crippen LogP) is 2.77. The van der Waals surface area contributed by atoms with Gasteiger partial charge in [-0.3, -0.25) is 4.68 Å². The fourth-order valence-corrected chi connectivity index (χ4v) is 1.65. The molecule has 2 aromatic rings. The Morgan fingerprint density at radius 3 is 2.50 bits per heavy atom. The van der Waals surface area contributed by atoms with Gasteiger partial charge in [0.1, 0.15) is 0 Å². The van der Waals surface area contributed by atoms with Crippen LogP contribution < -0.4 is 5.32 Å². The number of rotatable bonds is 4. The third kappa shape index (κ3) is 3.60. The number of alkyl halides is 3. The Balaban J connectivity index is 1.94. The Morgan fingerprint density at radius 2 is 1.95 bits per heavy atom. The van der Waals surface area contributed by atoms with E-state index in [1.165, 1.54) is 17.1 Å². The molecule has 2 rings (SSSR count). The molecule has 0 saturated carbocycles. The van der Waals surface area contributed by atoms with E-state index < -0.39 is 11.9 Å². The van der Waals surface area contributed by atoms with Crippen molar-refractivity contribution in [3.05, 3.63) is 34.9 Å². The van der Waals surface area contributed by atoms with Gasteiger partial charge in [0.25, 0.3) is 0 Å². The first-order chi connectivity index (χ1) is 9.36. The molecule has 0 radical (unpaired) electrons. The van der Waals surface area contributed by atoms with Crippen molar-refractivity contribution in [1.82, 2.24) is 19.7 Å². The molecule has 2 heterocycles. The molecule has 0 aliphatic rings. The van der Waals surface area contributed by atoms with Crippen LogP contribution in [0.1, 0.15) is 11.4 Å². The quantitative estimate of drug-likeness (QED) is 0.943. The van der Waals surface area contributed by atoms with Gasteiger partial charge in [-0.1, -0.05) is 11.6 Å². The van der Waals surface area contributed by atoms with E-state index in [-0.39, 0.29) is 6.54 Å². The van der Waals surface area contributed by atoms with Crippen LogP contribution in [0.2, 0.25) is 5.02 Å². The molecule has 0 aliphatic carbocycles. The summed E-state index contributed by atoms with van der Waals surface area (Å²) >= 11 is 5.63. The lowest BCUT2D eigenvalue weighted by molar-refractivity contribution is -0.141. The van der Waals surface area contributed by atoms with E-state index in [0.29, 0.717) is 23.2 Å². The van der Waals surface area contributed by atoms with Gasteiger partial charge >= 0.3 is 6.18 Å². The maximum atomic E-state index is 12.5. The lowest BCUT2D eigenvalue weighted by atomic mass is 10.4. The van der Waals surface area contributed by atoms with Gasteiger partial charge in [0.2, 0.25) is 5.95 Å². The van der Waals surface area contributed by atoms with Crippen molar-refractivity contribution in [3.63, 3.8) is 0 Å². The van der Waals surface area contributed by atoms with E-state index in [1.54, 1.807) is 6.92 Å². The molecule has 0 aliphatic heterocycles. The number of hydrogen-bond acceptors (Lipinski definition) is 4. The van der Waals surface area contributed by atoms with Gasteiger partial charge in [-0.15, -0.1) is 0 Å². The van der Waals surface area contributed by atoms with Crippen LogP contribution in [0.5, 0.6) is 0 Å². The minimum atomic E-state index is -4.43. The van der Waals surface area contributed by atoms with Crippen molar-refractivity contribution < 1.29 is 13.2 Å². The van der Waals surface area contributed by atoms with Crippen molar-refractivity contribution in [1.29, 1.82) is 0 Å². The number of aromatic nitrogens is 4. The summed E-state index contributed by atoms with van der Waals surface area (Å²) < 4.78 is 38.7. The summed E-state index contributed by atoms with van der Waals surface area (Å²) in [4.78, 5) is 7.83. The van der Waals surface area contributed by atoms with Crippen LogP contribution in [0.3, 0.4) is 0 Å². The lowest BCUT2D eigenvalue weighted by Crippen LogP contribution is -2.15. The number of nitrogens with one attached hydrogen (secondary N) is 1. The molecule has 20 heavy (non-hydrogen) atoms. The summed E-state index contributed by atoms with van der Waals surface area (Å²) in [6.07, 6.45) is -1.57. The summed E-state index contributed by atoms with van der Waals surface area (Å²) in [5, 5.41) is 6.80. The molecule has 9 heteroatoms. The van der Waals surface area contributed by atoms with Crippen molar-refractivity contribution in [2.45, 2.75) is 19.6 Å². The van der Waals surface area contributed by atoms with Gasteiger partial charge in [-0.05, 0) is 13.0 Å². The van der Waals surface area contributed by atoms with E-state index >= 15 is 0 Å². The maximum Gasteiger partial charge on any atom is 0.435 e. The lowest BCUT2D eigenvalue weighted by Gasteiger charge is -2.06. The van der Waals surface area contributed by atoms with Gasteiger partial charge in [0.05, 0.1) is 24.0 Å². The Hall–Kier alpha value is -1.83. The molecule has 0 aromatic carbocycles. The van der Waals surface area contributed by atoms with E-state index in [4.69, 9.17) is 11.6 Å². The third-order valence-electron chi connectivity index (χ3n) is 2.50. The van der Waals surface area contributed by atoms with Crippen LogP contribution in [0.25, 0.3) is 0 Å². The van der Waals surface area contributed by atoms with Gasteiger partial charge < -0.3 is 5.32 Å². The van der Waals surface area contributed by atoms with Crippen LogP contribution in [-0.4, -0.2) is 26.3 Å². The summed E-state index contributed by atoms with van der Waals surface area (Å²) in [6.45, 7) is 2.19. The summed E-state index contributed by atoms with van der Waals surface area (Å²) in [7, 11) is 0. The molecule has 0 amide bonds. The van der Waals surface area contributed by atoms with Crippen LogP contribution in [0.15, 0.2) is 18.5 Å². The first-order valence-electron chi connectivity index (χ1n) is 5.69. The standard InChI is InChI=1S/C11H11ClF3N5/c1-7-4-9(11(13,14)15)19-20(7)3-2-16-10-17-5-8(12)6-18-10/h4-6H,2-3H2,1H3,(H,16,17,18). The number of aryl methyl sites for hydroxylation is 1. The minimum Gasteiger partial charge on any atom is -0.352 e. The third-order valence-corrected chi connectivity index (χ3v) is 2.69. The van der Waals surface area contributed by atoms with Gasteiger partial charge in [-0.25, -0.2) is 9.97 Å². The zero-order valence-electron chi connectivity index (χ0n) is 10.4. The molecule has 2 aromatic heterocycles. The molecule has 0 fully saturated rings. The van der Waals surface area contributed by atoms with E-state index in [0.717, 1.165) is 6.07 Å². The van der Waals surface area contributed by atoms with E-state index in [2.05, 4.69) is 20.4 Å². The van der Waals surface area contributed by atoms with Crippen molar-refractivity contribution in [2.24, 2.45) is 0 Å². The Morgan fingerprint density at radius 1 is 1.30 bits per heavy atom. The molecular formula is C11H11ClF3N5. The highest BCUT2D eigenvalue weighted by atomic mass is 35.5. The van der Waals surface area contributed by atoms with Crippen molar-refractivity contribution in [3.8, 4) is 0 Å². The second-order valence-electron chi connectivity index (χ2n) is 4.04. The molecular weight excluding hydrogens is 295 g/mol. The molecule has 0 saturated heterocycles. The SMILES string of the molecule is Cc1cc(C(F)(F)F)nn1CCNc1ncc(Cl)cn1. The second-order valence-corrected chi connectivity index (χ2v) is 4.48. The summed E-state index contributed by atoms with van der Waals surface area (Å²) in [5.74, 6) is 0.357. The molecule has 0 bridgehead atoms. The van der Waals surface area contributed by atoms with Gasteiger partial charge in [0.15, 0.2) is 5.69 Å². The summed E-state index contributed by atoms with van der Waals surface area (Å²) in [6, 6.07) is 1.01. The first-order valence-corrected chi connectivity index (χ1v) is 6.07. The van der Waals surface area contributed by atoms with Crippen molar-refractivity contribution >= 4 is 17.5 Å². The molecule has 0 atom stereocenters. The number of nitrogens with zero attached hydrogens (tertiary/aromatic N) is 4. The Labute approximate surface area is 117 Å². The smallest absolute Gasteiger partial charge is 0.352 e. The molecule has 5 nitrogen and oxygen atoms in total. The number of halogens is 4. The van der Waals surface area contributed by atoms with Crippen LogP contribution in [0, 0.1) is 6.92 Å². The molecule has 108 valence electrons. The Kier molecular flexibility index (Phi) is 4.12. The van der Waals surface area contributed by atoms with Crippen LogP contribution >= 0.6 is 11.6 Å². The fourth-order valence-electron chi connectivity index (χ4n) is 1.55. The average molecular weight is 306 g/mol. The predicted molar refractivity (Wildman–Crippen MR) is 67.5 cm³/mol. The zero-order chi connectivity index (χ0) is 14.8. The van der Waals surface area contributed by atoms with Crippen molar-refractivity contribution in [2.75, 3.05) is 11.9 Å². The first kappa shape index (κ1) is 14.6. The molecule has 1 N–H and O–H groups in total. The monoisotopic (exact) mass is 305 g/mol. The normalized spacial score (nSPS) is 11.7. The molecule has 0 unspecified atom stereocenters. The zero-order valence-corrected chi connectivity index (χ0v) is 11.2. The minimum absolute atomic E-state index is 0.272. The second kappa shape index (κ2) is 5.66. The number of hydrogen-bond donors (Lipinski definition) is 1. The molecule has 0 spiro atoms. The highest BCUT2D eigenvalue weighted by molar-refractivity contribution is 6.30. The van der Waals surface area contributed by atoms with Gasteiger partial charge in [0, 0.05) is 12.2 Å². The largest absolute Gasteiger partial charge is 0.435 e. The highest BCUT2D eigenvalue weighted by Crippen LogP contribution is 2.28. The maximum absolute atomic E-state index is 12.5. The van der Waals surface area contributed by atoms with E-state index in [9.17, 15) is 13.2 Å². The van der Waals surface area contributed by atoms with Gasteiger partial charge in [-0.2, -0.15) is 18.3 Å². The summed E-state index contributed by atoms with van der Waals surface area (Å²) in [5.41, 5.74) is -0.450. The topological polar surface area (TPSA) is 55.6 Å². The highest BCUT2D eigenvalue weighted by Gasteiger charge is 2.34. The number of anilines is 1. The average Bonchev–Trinajstić information content (AvgIpc) is 2.74.